The molecule has 2 aromatic heterocycles. The smallest absolute Gasteiger partial charge is 0.269 e. The number of carbonyl (C=O) groups is 1. The number of hydrogen-bond donors (Lipinski definition) is 1. The fourth-order valence-corrected chi connectivity index (χ4v) is 3.65. The summed E-state index contributed by atoms with van der Waals surface area (Å²) in [7, 11) is 0. The average Bonchev–Trinajstić information content (AvgIpc) is 3.19. The molecule has 32 heavy (non-hydrogen) atoms. The van der Waals surface area contributed by atoms with Crippen LogP contribution in [0.1, 0.15) is 15.9 Å². The highest BCUT2D eigenvalue weighted by atomic mass is 79.9. The molecule has 0 unspecified atom stereocenters. The minimum absolute atomic E-state index is 0.0395. The van der Waals surface area contributed by atoms with Gasteiger partial charge >= 0.3 is 0 Å². The molecule has 0 saturated carbocycles. The van der Waals surface area contributed by atoms with Crippen molar-refractivity contribution >= 4 is 38.6 Å². The Labute approximate surface area is 189 Å². The van der Waals surface area contributed by atoms with Crippen LogP contribution in [-0.2, 0) is 13.1 Å². The van der Waals surface area contributed by atoms with Crippen LogP contribution in [0.2, 0.25) is 0 Å². The molecule has 2 heterocycles. The van der Waals surface area contributed by atoms with Crippen molar-refractivity contribution < 1.29 is 9.72 Å². The number of nitrogens with zero attached hydrogens (tertiary/aromatic N) is 5. The van der Waals surface area contributed by atoms with Gasteiger partial charge in [-0.3, -0.25) is 24.3 Å². The number of rotatable bonds is 7. The van der Waals surface area contributed by atoms with E-state index in [-0.39, 0.29) is 23.7 Å². The number of amides is 1. The topological polar surface area (TPSA) is 125 Å². The Hall–Kier alpha value is -3.86. The number of fused-ring (bicyclic) bond motifs is 1. The van der Waals surface area contributed by atoms with Crippen molar-refractivity contribution in [2.24, 2.45) is 0 Å². The van der Waals surface area contributed by atoms with E-state index in [2.05, 4.69) is 31.3 Å². The van der Waals surface area contributed by atoms with Crippen LogP contribution in [0.3, 0.4) is 0 Å². The van der Waals surface area contributed by atoms with E-state index < -0.39 is 4.92 Å². The molecule has 0 aliphatic heterocycles. The monoisotopic (exact) mass is 496 g/mol. The van der Waals surface area contributed by atoms with E-state index in [1.54, 1.807) is 35.0 Å². The molecular formula is C21H17BrN6O4. The van der Waals surface area contributed by atoms with Gasteiger partial charge in [0.1, 0.15) is 11.7 Å². The normalized spacial score (nSPS) is 10.9. The van der Waals surface area contributed by atoms with Gasteiger partial charge in [-0.05, 0) is 23.8 Å². The van der Waals surface area contributed by atoms with Gasteiger partial charge in [0.15, 0.2) is 5.65 Å². The molecule has 1 amide bonds. The Morgan fingerprint density at radius 3 is 2.78 bits per heavy atom. The number of halogens is 1. The summed E-state index contributed by atoms with van der Waals surface area (Å²) in [5, 5.41) is 18.3. The van der Waals surface area contributed by atoms with Crippen LogP contribution in [-0.4, -0.2) is 36.7 Å². The van der Waals surface area contributed by atoms with Crippen LogP contribution in [0.4, 0.5) is 5.69 Å². The lowest BCUT2D eigenvalue weighted by atomic mass is 10.2. The van der Waals surface area contributed by atoms with Gasteiger partial charge in [0.2, 0.25) is 0 Å². The molecule has 0 aliphatic carbocycles. The first-order chi connectivity index (χ1) is 15.4. The van der Waals surface area contributed by atoms with Crippen molar-refractivity contribution in [3.63, 3.8) is 0 Å². The Kier molecular flexibility index (Phi) is 6.08. The Balaban J connectivity index is 1.47. The summed E-state index contributed by atoms with van der Waals surface area (Å²) >= 11 is 3.34. The Morgan fingerprint density at radius 2 is 2.00 bits per heavy atom. The number of hydrogen-bond acceptors (Lipinski definition) is 6. The number of nitrogens with one attached hydrogen (secondary N) is 1. The lowest BCUT2D eigenvalue weighted by Gasteiger charge is -2.08. The van der Waals surface area contributed by atoms with E-state index in [1.807, 2.05) is 6.07 Å². The molecule has 162 valence electrons. The first-order valence-corrected chi connectivity index (χ1v) is 10.4. The molecule has 1 N–H and O–H groups in total. The van der Waals surface area contributed by atoms with Crippen molar-refractivity contribution in [3.8, 4) is 0 Å². The molecule has 0 radical (unpaired) electrons. The second kappa shape index (κ2) is 9.10. The third kappa shape index (κ3) is 4.57. The fraction of sp³-hybridized carbons (Fsp3) is 0.143. The van der Waals surface area contributed by atoms with Crippen molar-refractivity contribution in [1.29, 1.82) is 0 Å². The van der Waals surface area contributed by atoms with E-state index in [9.17, 15) is 19.7 Å². The van der Waals surface area contributed by atoms with Crippen LogP contribution in [0.5, 0.6) is 0 Å². The third-order valence-corrected chi connectivity index (χ3v) is 5.29. The van der Waals surface area contributed by atoms with Crippen molar-refractivity contribution in [3.05, 3.63) is 97.1 Å². The zero-order valence-corrected chi connectivity index (χ0v) is 18.2. The van der Waals surface area contributed by atoms with Gasteiger partial charge in [0, 0.05) is 28.7 Å². The molecule has 0 bridgehead atoms. The van der Waals surface area contributed by atoms with Gasteiger partial charge < -0.3 is 5.32 Å². The van der Waals surface area contributed by atoms with Crippen molar-refractivity contribution in [2.75, 3.05) is 6.54 Å². The second-order valence-electron chi connectivity index (χ2n) is 6.98. The van der Waals surface area contributed by atoms with E-state index in [0.717, 1.165) is 4.47 Å². The Bertz CT molecular complexity index is 1380. The maximum atomic E-state index is 12.8. The Morgan fingerprint density at radius 1 is 1.19 bits per heavy atom. The zero-order valence-electron chi connectivity index (χ0n) is 16.6. The summed E-state index contributed by atoms with van der Waals surface area (Å²) in [5.41, 5.74) is 1.21. The highest BCUT2D eigenvalue weighted by molar-refractivity contribution is 9.10. The minimum atomic E-state index is -0.479. The molecule has 0 fully saturated rings. The fourth-order valence-electron chi connectivity index (χ4n) is 3.25. The number of nitro groups is 1. The number of carbonyl (C=O) groups excluding carboxylic acids is 1. The zero-order chi connectivity index (χ0) is 22.7. The van der Waals surface area contributed by atoms with Gasteiger partial charge in [-0.1, -0.05) is 34.1 Å². The molecule has 0 atom stereocenters. The summed E-state index contributed by atoms with van der Waals surface area (Å²) < 4.78 is 3.74. The maximum Gasteiger partial charge on any atom is 0.269 e. The summed E-state index contributed by atoms with van der Waals surface area (Å²) in [5.74, 6) is -0.213. The van der Waals surface area contributed by atoms with E-state index in [0.29, 0.717) is 35.2 Å². The van der Waals surface area contributed by atoms with Crippen LogP contribution >= 0.6 is 15.9 Å². The summed E-state index contributed by atoms with van der Waals surface area (Å²) in [4.78, 5) is 39.9. The van der Waals surface area contributed by atoms with Crippen LogP contribution in [0, 0.1) is 10.1 Å². The lowest BCUT2D eigenvalue weighted by molar-refractivity contribution is -0.384. The largest absolute Gasteiger partial charge is 0.350 e. The van der Waals surface area contributed by atoms with Gasteiger partial charge in [-0.15, -0.1) is 0 Å². The predicted octanol–water partition coefficient (Wildman–Crippen LogP) is 2.74. The first-order valence-electron chi connectivity index (χ1n) is 9.60. The highest BCUT2D eigenvalue weighted by Gasteiger charge is 2.12. The average molecular weight is 497 g/mol. The second-order valence-corrected chi connectivity index (χ2v) is 7.89. The molecule has 4 rings (SSSR count). The van der Waals surface area contributed by atoms with Crippen molar-refractivity contribution in [2.45, 2.75) is 13.1 Å². The molecule has 10 nitrogen and oxygen atoms in total. The SMILES string of the molecule is O=C(NCCn1ncc2c(=O)n(Cc3cccc([N+](=O)[O-])c3)cnc21)c1cccc(Br)c1. The van der Waals surface area contributed by atoms with E-state index in [1.165, 1.54) is 29.2 Å². The molecule has 0 saturated heterocycles. The van der Waals surface area contributed by atoms with E-state index >= 15 is 0 Å². The van der Waals surface area contributed by atoms with Crippen LogP contribution < -0.4 is 10.9 Å². The van der Waals surface area contributed by atoms with Gasteiger partial charge in [0.05, 0.1) is 24.2 Å². The first kappa shape index (κ1) is 21.4. The summed E-state index contributed by atoms with van der Waals surface area (Å²) in [6, 6.07) is 13.2. The quantitative estimate of drug-likeness (QED) is 0.309. The molecule has 0 spiro atoms. The molecule has 11 heteroatoms. The third-order valence-electron chi connectivity index (χ3n) is 4.79. The van der Waals surface area contributed by atoms with Crippen LogP contribution in [0.25, 0.3) is 11.0 Å². The van der Waals surface area contributed by atoms with Crippen LogP contribution in [0.15, 0.2) is 70.3 Å². The standard InChI is InChI=1S/C21H17BrN6O4/c22-16-5-2-4-15(10-16)20(29)23-7-8-27-19-18(11-25-27)21(30)26(13-24-19)12-14-3-1-6-17(9-14)28(31)32/h1-6,9-11,13H,7-8,12H2,(H,23,29). The number of benzene rings is 2. The summed E-state index contributed by atoms with van der Waals surface area (Å²) in [6.45, 7) is 0.794. The predicted molar refractivity (Wildman–Crippen MR) is 120 cm³/mol. The van der Waals surface area contributed by atoms with Gasteiger partial charge in [-0.25, -0.2) is 9.67 Å². The number of non-ortho nitro benzene ring substituents is 1. The maximum absolute atomic E-state index is 12.8. The van der Waals surface area contributed by atoms with Gasteiger partial charge in [0.25, 0.3) is 17.2 Å². The minimum Gasteiger partial charge on any atom is -0.350 e. The van der Waals surface area contributed by atoms with E-state index in [4.69, 9.17) is 0 Å². The molecular weight excluding hydrogens is 480 g/mol. The van der Waals surface area contributed by atoms with Crippen molar-refractivity contribution in [1.82, 2.24) is 24.6 Å². The number of aromatic nitrogens is 4. The number of nitro benzene ring substituents is 1. The molecule has 2 aromatic carbocycles. The molecule has 4 aromatic rings. The molecule has 0 aliphatic rings. The lowest BCUT2D eigenvalue weighted by Crippen LogP contribution is -2.27. The highest BCUT2D eigenvalue weighted by Crippen LogP contribution is 2.14. The van der Waals surface area contributed by atoms with Gasteiger partial charge in [-0.2, -0.15) is 5.10 Å². The summed E-state index contributed by atoms with van der Waals surface area (Å²) in [6.07, 6.45) is 2.83.